The van der Waals surface area contributed by atoms with Crippen molar-refractivity contribution in [3.63, 3.8) is 0 Å². The smallest absolute Gasteiger partial charge is 0.0512 e. The lowest BCUT2D eigenvalue weighted by atomic mass is 10.1. The van der Waals surface area contributed by atoms with Crippen molar-refractivity contribution in [3.8, 4) is 0 Å². The van der Waals surface area contributed by atoms with Gasteiger partial charge >= 0.3 is 0 Å². The maximum Gasteiger partial charge on any atom is 0.0512 e. The van der Waals surface area contributed by atoms with Crippen molar-refractivity contribution in [2.45, 2.75) is 38.7 Å². The lowest BCUT2D eigenvalue weighted by Crippen LogP contribution is -1.97. The number of hydrogen-bond acceptors (Lipinski definition) is 1. The van der Waals surface area contributed by atoms with Gasteiger partial charge in [0.15, 0.2) is 0 Å². The summed E-state index contributed by atoms with van der Waals surface area (Å²) in [5, 5.41) is 8.83. The van der Waals surface area contributed by atoms with Gasteiger partial charge in [-0.1, -0.05) is 12.5 Å². The first-order valence-corrected chi connectivity index (χ1v) is 3.56. The fourth-order valence-corrected chi connectivity index (χ4v) is 0.728. The molecule has 1 heteroatoms. The van der Waals surface area contributed by atoms with Crippen molar-refractivity contribution in [1.29, 1.82) is 0 Å². The molecule has 0 aromatic rings. The summed E-state index contributed by atoms with van der Waals surface area (Å²) in [6.45, 7) is 5.44. The highest BCUT2D eigenvalue weighted by atomic mass is 16.3. The van der Waals surface area contributed by atoms with Crippen LogP contribution in [0.5, 0.6) is 0 Å². The highest BCUT2D eigenvalue weighted by Crippen LogP contribution is 2.02. The number of rotatable bonds is 5. The maximum atomic E-state index is 8.83. The summed E-state index contributed by atoms with van der Waals surface area (Å²) in [4.78, 5) is 0. The molecule has 0 aliphatic heterocycles. The molecule has 54 valence electrons. The predicted molar refractivity (Wildman–Crippen MR) is 40.3 cm³/mol. The molecule has 0 aliphatic rings. The molecule has 0 unspecified atom stereocenters. The zero-order valence-electron chi connectivity index (χ0n) is 6.14. The van der Waals surface area contributed by atoms with Crippen LogP contribution < -0.4 is 0 Å². The lowest BCUT2D eigenvalue weighted by molar-refractivity contribution is 0.181. The van der Waals surface area contributed by atoms with Crippen LogP contribution in [0.2, 0.25) is 0 Å². The van der Waals surface area contributed by atoms with Crippen molar-refractivity contribution in [2.24, 2.45) is 0 Å². The monoisotopic (exact) mass is 128 g/mol. The van der Waals surface area contributed by atoms with Crippen LogP contribution in [0, 0.1) is 0 Å². The van der Waals surface area contributed by atoms with Gasteiger partial charge in [-0.2, -0.15) is 0 Å². The summed E-state index contributed by atoms with van der Waals surface area (Å²) in [7, 11) is 0. The van der Waals surface area contributed by atoms with Crippen LogP contribution >= 0.6 is 0 Å². The molecular formula is C8H16O. The Hall–Kier alpha value is -0.300. The first-order chi connectivity index (χ1) is 4.27. The van der Waals surface area contributed by atoms with Crippen molar-refractivity contribution in [1.82, 2.24) is 0 Å². The Bertz CT molecular complexity index is 67.0. The van der Waals surface area contributed by atoms with E-state index in [4.69, 9.17) is 5.11 Å². The molecule has 0 spiro atoms. The molecule has 0 bridgehead atoms. The molecule has 0 radical (unpaired) electrons. The molecule has 9 heavy (non-hydrogen) atoms. The SMILES string of the molecule is C=CCCCC[C@@H](C)O. The van der Waals surface area contributed by atoms with Gasteiger partial charge in [0.1, 0.15) is 0 Å². The van der Waals surface area contributed by atoms with Gasteiger partial charge in [0.25, 0.3) is 0 Å². The Kier molecular flexibility index (Phi) is 5.64. The zero-order chi connectivity index (χ0) is 7.11. The van der Waals surface area contributed by atoms with Gasteiger partial charge in [-0.3, -0.25) is 0 Å². The molecule has 1 N–H and O–H groups in total. The fourth-order valence-electron chi connectivity index (χ4n) is 0.728. The number of hydrogen-bond donors (Lipinski definition) is 1. The van der Waals surface area contributed by atoms with E-state index in [1.807, 2.05) is 13.0 Å². The Morgan fingerprint density at radius 3 is 2.67 bits per heavy atom. The third kappa shape index (κ3) is 7.70. The van der Waals surface area contributed by atoms with Crippen LogP contribution in [-0.2, 0) is 0 Å². The summed E-state index contributed by atoms with van der Waals surface area (Å²) in [5.41, 5.74) is 0. The summed E-state index contributed by atoms with van der Waals surface area (Å²) in [6, 6.07) is 0. The normalized spacial score (nSPS) is 13.1. The van der Waals surface area contributed by atoms with Gasteiger partial charge in [-0.25, -0.2) is 0 Å². The second-order valence-electron chi connectivity index (χ2n) is 2.42. The van der Waals surface area contributed by atoms with E-state index < -0.39 is 0 Å². The number of aliphatic hydroxyl groups excluding tert-OH is 1. The van der Waals surface area contributed by atoms with E-state index in [2.05, 4.69) is 6.58 Å². The molecule has 0 rings (SSSR count). The second kappa shape index (κ2) is 5.83. The van der Waals surface area contributed by atoms with E-state index in [1.165, 1.54) is 0 Å². The van der Waals surface area contributed by atoms with E-state index in [0.717, 1.165) is 25.7 Å². The average molecular weight is 128 g/mol. The van der Waals surface area contributed by atoms with Crippen LogP contribution in [0.25, 0.3) is 0 Å². The quantitative estimate of drug-likeness (QED) is 0.444. The van der Waals surface area contributed by atoms with E-state index in [0.29, 0.717) is 0 Å². The third-order valence-electron chi connectivity index (χ3n) is 1.28. The van der Waals surface area contributed by atoms with Gasteiger partial charge in [0, 0.05) is 0 Å². The Balaban J connectivity index is 2.82. The Labute approximate surface area is 57.4 Å². The summed E-state index contributed by atoms with van der Waals surface area (Å²) < 4.78 is 0. The Morgan fingerprint density at radius 2 is 2.22 bits per heavy atom. The molecule has 0 aliphatic carbocycles. The van der Waals surface area contributed by atoms with Crippen LogP contribution in [0.3, 0.4) is 0 Å². The number of allylic oxidation sites excluding steroid dienone is 1. The minimum Gasteiger partial charge on any atom is -0.393 e. The van der Waals surface area contributed by atoms with Gasteiger partial charge in [0.05, 0.1) is 6.10 Å². The van der Waals surface area contributed by atoms with Crippen molar-refractivity contribution < 1.29 is 5.11 Å². The fraction of sp³-hybridized carbons (Fsp3) is 0.750. The van der Waals surface area contributed by atoms with E-state index >= 15 is 0 Å². The second-order valence-corrected chi connectivity index (χ2v) is 2.42. The maximum absolute atomic E-state index is 8.83. The molecule has 0 saturated carbocycles. The molecule has 0 fully saturated rings. The number of unbranched alkanes of at least 4 members (excludes halogenated alkanes) is 2. The Morgan fingerprint density at radius 1 is 1.56 bits per heavy atom. The van der Waals surface area contributed by atoms with Crippen molar-refractivity contribution in [3.05, 3.63) is 12.7 Å². The summed E-state index contributed by atoms with van der Waals surface area (Å²) in [6.07, 6.45) is 6.07. The highest BCUT2D eigenvalue weighted by Gasteiger charge is 1.92. The first-order valence-electron chi connectivity index (χ1n) is 3.56. The average Bonchev–Trinajstić information content (AvgIpc) is 1.80. The van der Waals surface area contributed by atoms with Gasteiger partial charge in [-0.05, 0) is 26.2 Å². The van der Waals surface area contributed by atoms with E-state index in [-0.39, 0.29) is 6.10 Å². The van der Waals surface area contributed by atoms with Crippen molar-refractivity contribution in [2.75, 3.05) is 0 Å². The molecule has 1 nitrogen and oxygen atoms in total. The largest absolute Gasteiger partial charge is 0.393 e. The minimum atomic E-state index is -0.130. The molecule has 0 saturated heterocycles. The van der Waals surface area contributed by atoms with Crippen LogP contribution in [0.15, 0.2) is 12.7 Å². The van der Waals surface area contributed by atoms with Crippen LogP contribution in [0.1, 0.15) is 32.6 Å². The minimum absolute atomic E-state index is 0.130. The lowest BCUT2D eigenvalue weighted by Gasteiger charge is -2.00. The predicted octanol–water partition coefficient (Wildman–Crippen LogP) is 2.11. The molecule has 0 aromatic carbocycles. The van der Waals surface area contributed by atoms with Crippen LogP contribution in [0.4, 0.5) is 0 Å². The zero-order valence-corrected chi connectivity index (χ0v) is 6.14. The molecule has 0 heterocycles. The van der Waals surface area contributed by atoms with Crippen LogP contribution in [-0.4, -0.2) is 11.2 Å². The standard InChI is InChI=1S/C8H16O/c1-3-4-5-6-7-8(2)9/h3,8-9H,1,4-7H2,2H3/t8-/m1/s1. The molecule has 1 atom stereocenters. The van der Waals surface area contributed by atoms with Gasteiger partial charge in [0.2, 0.25) is 0 Å². The molecular weight excluding hydrogens is 112 g/mol. The first kappa shape index (κ1) is 8.70. The van der Waals surface area contributed by atoms with Crippen molar-refractivity contribution >= 4 is 0 Å². The van der Waals surface area contributed by atoms with E-state index in [9.17, 15) is 0 Å². The molecule has 0 amide bonds. The summed E-state index contributed by atoms with van der Waals surface area (Å²) in [5.74, 6) is 0. The molecule has 0 aromatic heterocycles. The van der Waals surface area contributed by atoms with Gasteiger partial charge < -0.3 is 5.11 Å². The third-order valence-corrected chi connectivity index (χ3v) is 1.28. The van der Waals surface area contributed by atoms with Gasteiger partial charge in [-0.15, -0.1) is 6.58 Å². The highest BCUT2D eigenvalue weighted by molar-refractivity contribution is 4.65. The summed E-state index contributed by atoms with van der Waals surface area (Å²) >= 11 is 0. The number of aliphatic hydroxyl groups is 1. The van der Waals surface area contributed by atoms with E-state index in [1.54, 1.807) is 0 Å². The topological polar surface area (TPSA) is 20.2 Å².